The number of methoxy groups -OCH3 is 1. The maximum absolute atomic E-state index is 11.5. The second-order valence-corrected chi connectivity index (χ2v) is 7.23. The summed E-state index contributed by atoms with van der Waals surface area (Å²) < 4.78 is 27.9. The van der Waals surface area contributed by atoms with E-state index in [4.69, 9.17) is 22.7 Å². The summed E-state index contributed by atoms with van der Waals surface area (Å²) in [5.41, 5.74) is 6.15. The molecule has 0 aliphatic heterocycles. The van der Waals surface area contributed by atoms with Crippen LogP contribution in [-0.4, -0.2) is 31.3 Å². The number of aromatic nitrogens is 1. The molecule has 0 radical (unpaired) electrons. The van der Waals surface area contributed by atoms with Gasteiger partial charge in [-0.05, 0) is 0 Å². The van der Waals surface area contributed by atoms with Gasteiger partial charge in [0.15, 0.2) is 9.84 Å². The topological polar surface area (TPSA) is 82.3 Å². The van der Waals surface area contributed by atoms with Crippen molar-refractivity contribution in [2.75, 3.05) is 12.9 Å². The Morgan fingerprint density at radius 3 is 2.71 bits per heavy atom. The zero-order chi connectivity index (χ0) is 13.1. The molecular formula is C9H14N2O3S3. The highest BCUT2D eigenvalue weighted by Gasteiger charge is 2.17. The number of ether oxygens (including phenoxy) is 1. The fourth-order valence-electron chi connectivity index (χ4n) is 1.18. The molecule has 1 aromatic rings. The smallest absolute Gasteiger partial charge is 0.156 e. The molecule has 0 unspecified atom stereocenters. The van der Waals surface area contributed by atoms with Gasteiger partial charge in [0.05, 0.1) is 17.2 Å². The molecule has 96 valence electrons. The van der Waals surface area contributed by atoms with Crippen molar-refractivity contribution >= 4 is 38.4 Å². The van der Waals surface area contributed by atoms with Crippen LogP contribution in [0, 0.1) is 0 Å². The van der Waals surface area contributed by atoms with E-state index in [0.717, 1.165) is 0 Å². The average Bonchev–Trinajstić information content (AvgIpc) is 2.61. The van der Waals surface area contributed by atoms with Crippen LogP contribution in [0.15, 0.2) is 0 Å². The van der Waals surface area contributed by atoms with Gasteiger partial charge in [0.1, 0.15) is 15.7 Å². The third-order valence-electron chi connectivity index (χ3n) is 2.03. The summed E-state index contributed by atoms with van der Waals surface area (Å²) in [6, 6.07) is 0. The minimum absolute atomic E-state index is 0.0759. The van der Waals surface area contributed by atoms with E-state index < -0.39 is 9.84 Å². The van der Waals surface area contributed by atoms with E-state index in [1.807, 2.05) is 0 Å². The maximum atomic E-state index is 11.5. The van der Waals surface area contributed by atoms with Gasteiger partial charge in [-0.2, -0.15) is 0 Å². The Morgan fingerprint density at radius 2 is 2.24 bits per heavy atom. The Balaban J connectivity index is 3.04. The van der Waals surface area contributed by atoms with E-state index >= 15 is 0 Å². The highest BCUT2D eigenvalue weighted by molar-refractivity contribution is 7.90. The molecule has 2 N–H and O–H groups in total. The van der Waals surface area contributed by atoms with Gasteiger partial charge >= 0.3 is 0 Å². The summed E-state index contributed by atoms with van der Waals surface area (Å²) in [5, 5.41) is 0.502. The van der Waals surface area contributed by atoms with Crippen LogP contribution in [0.5, 0.6) is 0 Å². The first-order valence-electron chi connectivity index (χ1n) is 4.87. The van der Waals surface area contributed by atoms with Gasteiger partial charge in [-0.15, -0.1) is 11.3 Å². The van der Waals surface area contributed by atoms with E-state index in [1.54, 1.807) is 6.92 Å². The molecule has 1 heterocycles. The Labute approximate surface area is 110 Å². The molecule has 17 heavy (non-hydrogen) atoms. The summed E-state index contributed by atoms with van der Waals surface area (Å²) in [6.45, 7) is 1.88. The predicted octanol–water partition coefficient (Wildman–Crippen LogP) is 0.858. The predicted molar refractivity (Wildman–Crippen MR) is 71.9 cm³/mol. The van der Waals surface area contributed by atoms with Gasteiger partial charge in [-0.3, -0.25) is 0 Å². The number of nitrogens with two attached hydrogens (primary N) is 1. The minimum atomic E-state index is -3.09. The molecule has 0 saturated carbocycles. The Hall–Kier alpha value is -0.570. The van der Waals surface area contributed by atoms with Crippen LogP contribution in [0.1, 0.15) is 22.5 Å². The third-order valence-corrected chi connectivity index (χ3v) is 5.27. The summed E-state index contributed by atoms with van der Waals surface area (Å²) in [4.78, 5) is 5.05. The maximum Gasteiger partial charge on any atom is 0.156 e. The number of hydrogen-bond acceptors (Lipinski definition) is 6. The molecule has 0 fully saturated rings. The first-order chi connectivity index (χ1) is 7.89. The van der Waals surface area contributed by atoms with Crippen LogP contribution < -0.4 is 5.73 Å². The van der Waals surface area contributed by atoms with Crippen molar-refractivity contribution in [3.8, 4) is 0 Å². The van der Waals surface area contributed by atoms with Gasteiger partial charge in [0, 0.05) is 12.9 Å². The monoisotopic (exact) mass is 294 g/mol. The van der Waals surface area contributed by atoms with Crippen molar-refractivity contribution in [1.82, 2.24) is 4.98 Å². The van der Waals surface area contributed by atoms with Crippen LogP contribution in [0.4, 0.5) is 0 Å². The largest absolute Gasteiger partial charge is 0.389 e. The molecule has 0 spiro atoms. The zero-order valence-electron chi connectivity index (χ0n) is 9.60. The van der Waals surface area contributed by atoms with Gasteiger partial charge in [0.2, 0.25) is 0 Å². The van der Waals surface area contributed by atoms with Crippen LogP contribution >= 0.6 is 23.6 Å². The van der Waals surface area contributed by atoms with Crippen LogP contribution in [-0.2, 0) is 26.9 Å². The van der Waals surface area contributed by atoms with Crippen LogP contribution in [0.25, 0.3) is 0 Å². The molecule has 0 saturated heterocycles. The van der Waals surface area contributed by atoms with Crippen molar-refractivity contribution in [1.29, 1.82) is 0 Å². The van der Waals surface area contributed by atoms with Gasteiger partial charge in [-0.1, -0.05) is 19.1 Å². The normalized spacial score (nSPS) is 11.6. The molecule has 0 atom stereocenters. The quantitative estimate of drug-likeness (QED) is 0.784. The highest BCUT2D eigenvalue weighted by Crippen LogP contribution is 2.21. The number of sulfone groups is 1. The summed E-state index contributed by atoms with van der Waals surface area (Å²) in [5.74, 6) is 0.0160. The van der Waals surface area contributed by atoms with E-state index in [0.29, 0.717) is 15.6 Å². The van der Waals surface area contributed by atoms with Crippen molar-refractivity contribution < 1.29 is 13.2 Å². The van der Waals surface area contributed by atoms with Gasteiger partial charge in [-0.25, -0.2) is 13.4 Å². The molecule has 8 heteroatoms. The van der Waals surface area contributed by atoms with Crippen molar-refractivity contribution in [3.63, 3.8) is 0 Å². The summed E-state index contributed by atoms with van der Waals surface area (Å²) in [7, 11) is -1.56. The second kappa shape index (κ2) is 5.85. The molecular weight excluding hydrogens is 280 g/mol. The lowest BCUT2D eigenvalue weighted by atomic mass is 10.4. The van der Waals surface area contributed by atoms with E-state index in [9.17, 15) is 8.42 Å². The number of thiazole rings is 1. The molecule has 5 nitrogen and oxygen atoms in total. The van der Waals surface area contributed by atoms with Crippen LogP contribution in [0.3, 0.4) is 0 Å². The fourth-order valence-corrected chi connectivity index (χ4v) is 3.56. The molecule has 0 amide bonds. The number of hydrogen-bond donors (Lipinski definition) is 1. The number of rotatable bonds is 6. The van der Waals surface area contributed by atoms with Crippen molar-refractivity contribution in [2.24, 2.45) is 5.73 Å². The van der Waals surface area contributed by atoms with Gasteiger partial charge in [0.25, 0.3) is 0 Å². The molecule has 0 aliphatic rings. The van der Waals surface area contributed by atoms with Crippen LogP contribution in [0.2, 0.25) is 0 Å². The third kappa shape index (κ3) is 3.98. The fraction of sp³-hybridized carbons (Fsp3) is 0.556. The summed E-state index contributed by atoms with van der Waals surface area (Å²) >= 11 is 6.10. The Kier molecular flexibility index (Phi) is 4.99. The van der Waals surface area contributed by atoms with E-state index in [1.165, 1.54) is 18.4 Å². The number of nitrogens with zero attached hydrogens (tertiary/aromatic N) is 1. The SMILES string of the molecule is CCS(=O)(=O)Cc1nc(COC)c(C(N)=S)s1. The summed E-state index contributed by atoms with van der Waals surface area (Å²) in [6.07, 6.45) is 0. The first kappa shape index (κ1) is 14.5. The second-order valence-electron chi connectivity index (χ2n) is 3.36. The first-order valence-corrected chi connectivity index (χ1v) is 7.92. The van der Waals surface area contributed by atoms with Crippen molar-refractivity contribution in [2.45, 2.75) is 19.3 Å². The molecule has 0 bridgehead atoms. The lowest BCUT2D eigenvalue weighted by Gasteiger charge is -1.97. The Bertz CT molecular complexity index is 508. The molecule has 1 rings (SSSR count). The Morgan fingerprint density at radius 1 is 1.59 bits per heavy atom. The molecule has 1 aromatic heterocycles. The molecule has 0 aliphatic carbocycles. The van der Waals surface area contributed by atoms with E-state index in [2.05, 4.69) is 4.98 Å². The average molecular weight is 294 g/mol. The standard InChI is InChI=1S/C9H14N2O3S3/c1-3-17(12,13)5-7-11-6(4-14-2)8(16-7)9(10)15/h3-5H2,1-2H3,(H2,10,15). The molecule has 0 aromatic carbocycles. The zero-order valence-corrected chi connectivity index (χ0v) is 12.0. The van der Waals surface area contributed by atoms with E-state index in [-0.39, 0.29) is 23.1 Å². The highest BCUT2D eigenvalue weighted by atomic mass is 32.2. The lowest BCUT2D eigenvalue weighted by Crippen LogP contribution is -2.10. The minimum Gasteiger partial charge on any atom is -0.389 e. The van der Waals surface area contributed by atoms with Gasteiger partial charge < -0.3 is 10.5 Å². The number of thiocarbonyl (C=S) groups is 1. The van der Waals surface area contributed by atoms with Crippen molar-refractivity contribution in [3.05, 3.63) is 15.6 Å². The lowest BCUT2D eigenvalue weighted by molar-refractivity contribution is 0.182.